The highest BCUT2D eigenvalue weighted by atomic mass is 16.5. The van der Waals surface area contributed by atoms with Crippen LogP contribution in [0, 0.1) is 0 Å². The highest BCUT2D eigenvalue weighted by Gasteiger charge is 2.21. The summed E-state index contributed by atoms with van der Waals surface area (Å²) < 4.78 is 5.43. The van der Waals surface area contributed by atoms with Crippen LogP contribution in [0.5, 0.6) is 0 Å². The second-order valence-corrected chi connectivity index (χ2v) is 6.83. The Balaban J connectivity index is 1.50. The van der Waals surface area contributed by atoms with Crippen LogP contribution >= 0.6 is 0 Å². The van der Waals surface area contributed by atoms with Gasteiger partial charge in [-0.1, -0.05) is 12.1 Å². The maximum absolute atomic E-state index is 12.5. The topological polar surface area (TPSA) is 71.1 Å². The normalized spacial score (nSPS) is 18.3. The fraction of sp³-hybridized carbons (Fsp3) is 0.350. The van der Waals surface area contributed by atoms with Crippen molar-refractivity contribution in [3.63, 3.8) is 0 Å². The van der Waals surface area contributed by atoms with E-state index in [9.17, 15) is 4.79 Å². The zero-order valence-corrected chi connectivity index (χ0v) is 14.8. The molecule has 0 bridgehead atoms. The van der Waals surface area contributed by atoms with Crippen LogP contribution in [-0.4, -0.2) is 58.2 Å². The number of aromatic nitrogens is 3. The number of hydrogen-bond acceptors (Lipinski definition) is 5. The van der Waals surface area contributed by atoms with Gasteiger partial charge in [0.1, 0.15) is 0 Å². The van der Waals surface area contributed by atoms with Gasteiger partial charge in [0.2, 0.25) is 0 Å². The number of ketones is 1. The number of rotatable bonds is 5. The van der Waals surface area contributed by atoms with E-state index >= 15 is 0 Å². The van der Waals surface area contributed by atoms with Crippen molar-refractivity contribution in [3.8, 4) is 11.1 Å². The van der Waals surface area contributed by atoms with E-state index in [1.54, 1.807) is 6.20 Å². The largest absolute Gasteiger partial charge is 0.379 e. The summed E-state index contributed by atoms with van der Waals surface area (Å²) in [6, 6.07) is 8.51. The van der Waals surface area contributed by atoms with Gasteiger partial charge in [0.05, 0.1) is 32.4 Å². The van der Waals surface area contributed by atoms with Crippen LogP contribution in [0.3, 0.4) is 0 Å². The number of aromatic amines is 1. The summed E-state index contributed by atoms with van der Waals surface area (Å²) >= 11 is 0. The Morgan fingerprint density at radius 1 is 1.27 bits per heavy atom. The Bertz CT molecular complexity index is 907. The lowest BCUT2D eigenvalue weighted by molar-refractivity contribution is -0.121. The van der Waals surface area contributed by atoms with Crippen LogP contribution in [0.25, 0.3) is 21.9 Å². The molecule has 0 saturated carbocycles. The molecule has 1 saturated heterocycles. The van der Waals surface area contributed by atoms with E-state index in [2.05, 4.69) is 39.1 Å². The van der Waals surface area contributed by atoms with Gasteiger partial charge in [0.25, 0.3) is 0 Å². The summed E-state index contributed by atoms with van der Waals surface area (Å²) in [5.74, 6) is 0.191. The minimum absolute atomic E-state index is 0.191. The molecule has 0 aliphatic carbocycles. The maximum atomic E-state index is 12.5. The molecule has 0 amide bonds. The molecular formula is C20H22N4O2. The summed E-state index contributed by atoms with van der Waals surface area (Å²) in [5.41, 5.74) is 2.95. The predicted molar refractivity (Wildman–Crippen MR) is 99.9 cm³/mol. The highest BCUT2D eigenvalue weighted by molar-refractivity contribution is 5.88. The monoisotopic (exact) mass is 350 g/mol. The first-order valence-electron chi connectivity index (χ1n) is 8.90. The van der Waals surface area contributed by atoms with E-state index in [1.165, 1.54) is 0 Å². The van der Waals surface area contributed by atoms with Gasteiger partial charge >= 0.3 is 0 Å². The third kappa shape index (κ3) is 3.66. The molecule has 1 atom stereocenters. The first-order chi connectivity index (χ1) is 12.7. The number of carbonyl (C=O) groups is 1. The Kier molecular flexibility index (Phi) is 4.77. The van der Waals surface area contributed by atoms with Gasteiger partial charge in [-0.15, -0.1) is 0 Å². The van der Waals surface area contributed by atoms with E-state index in [4.69, 9.17) is 4.74 Å². The van der Waals surface area contributed by atoms with E-state index in [1.807, 2.05) is 24.5 Å². The van der Waals surface area contributed by atoms with Crippen molar-refractivity contribution in [2.75, 3.05) is 26.3 Å². The smallest absolute Gasteiger partial charge is 0.152 e. The molecule has 6 heteroatoms. The second-order valence-electron chi connectivity index (χ2n) is 6.83. The molecular weight excluding hydrogens is 328 g/mol. The third-order valence-electron chi connectivity index (χ3n) is 4.87. The van der Waals surface area contributed by atoms with E-state index in [-0.39, 0.29) is 11.8 Å². The quantitative estimate of drug-likeness (QED) is 0.765. The van der Waals surface area contributed by atoms with E-state index in [0.29, 0.717) is 26.2 Å². The highest BCUT2D eigenvalue weighted by Crippen LogP contribution is 2.24. The van der Waals surface area contributed by atoms with Crippen LogP contribution in [0.1, 0.15) is 12.6 Å². The fourth-order valence-electron chi connectivity index (χ4n) is 3.35. The summed E-state index contributed by atoms with van der Waals surface area (Å²) in [7, 11) is 0. The number of ether oxygens (including phenoxy) is 1. The first kappa shape index (κ1) is 16.9. The third-order valence-corrected chi connectivity index (χ3v) is 4.87. The molecule has 1 fully saturated rings. The van der Waals surface area contributed by atoms with Gasteiger partial charge in [-0.05, 0) is 30.0 Å². The molecule has 0 spiro atoms. The summed E-state index contributed by atoms with van der Waals surface area (Å²) in [5, 5.41) is 8.99. The molecule has 134 valence electrons. The number of pyridine rings is 1. The Morgan fingerprint density at radius 2 is 2.19 bits per heavy atom. The zero-order valence-electron chi connectivity index (χ0n) is 14.8. The molecule has 1 aromatic carbocycles. The van der Waals surface area contributed by atoms with Crippen molar-refractivity contribution >= 4 is 16.6 Å². The SMILES string of the molecule is C[C@@H]1COCCN1CC(=O)Cc1cc2cc(-c3cn[nH]c3)ccc2cn1. The van der Waals surface area contributed by atoms with Crippen molar-refractivity contribution in [1.29, 1.82) is 0 Å². The Hall–Kier alpha value is -2.57. The fourth-order valence-corrected chi connectivity index (χ4v) is 3.35. The lowest BCUT2D eigenvalue weighted by atomic mass is 10.0. The average Bonchev–Trinajstić information content (AvgIpc) is 3.18. The van der Waals surface area contributed by atoms with Gasteiger partial charge < -0.3 is 4.74 Å². The number of hydrogen-bond donors (Lipinski definition) is 1. The molecule has 3 heterocycles. The number of nitrogens with zero attached hydrogens (tertiary/aromatic N) is 3. The van der Waals surface area contributed by atoms with Crippen molar-refractivity contribution in [3.05, 3.63) is 48.5 Å². The van der Waals surface area contributed by atoms with Crippen molar-refractivity contribution in [2.45, 2.75) is 19.4 Å². The van der Waals surface area contributed by atoms with Gasteiger partial charge in [-0.3, -0.25) is 19.8 Å². The van der Waals surface area contributed by atoms with Crippen LogP contribution in [-0.2, 0) is 16.0 Å². The molecule has 4 rings (SSSR count). The van der Waals surface area contributed by atoms with Crippen LogP contribution in [0.15, 0.2) is 42.9 Å². The lowest BCUT2D eigenvalue weighted by Crippen LogP contribution is -2.46. The number of nitrogens with one attached hydrogen (secondary N) is 1. The molecule has 0 unspecified atom stereocenters. The van der Waals surface area contributed by atoms with Gasteiger partial charge in [-0.2, -0.15) is 5.10 Å². The number of benzene rings is 1. The second kappa shape index (κ2) is 7.35. The molecule has 6 nitrogen and oxygen atoms in total. The van der Waals surface area contributed by atoms with E-state index in [0.717, 1.165) is 34.1 Å². The van der Waals surface area contributed by atoms with Crippen molar-refractivity contribution in [1.82, 2.24) is 20.1 Å². The summed E-state index contributed by atoms with van der Waals surface area (Å²) in [4.78, 5) is 19.1. The molecule has 2 aromatic heterocycles. The van der Waals surface area contributed by atoms with Crippen molar-refractivity contribution in [2.24, 2.45) is 0 Å². The van der Waals surface area contributed by atoms with Crippen LogP contribution < -0.4 is 0 Å². The Morgan fingerprint density at radius 3 is 3.00 bits per heavy atom. The molecule has 26 heavy (non-hydrogen) atoms. The summed E-state index contributed by atoms with van der Waals surface area (Å²) in [6.07, 6.45) is 5.87. The number of Topliss-reactive ketones (excluding diaryl/α,β-unsaturated/α-hetero) is 1. The zero-order chi connectivity index (χ0) is 17.9. The molecule has 1 aliphatic heterocycles. The lowest BCUT2D eigenvalue weighted by Gasteiger charge is -2.32. The van der Waals surface area contributed by atoms with Crippen LogP contribution in [0.2, 0.25) is 0 Å². The average molecular weight is 350 g/mol. The predicted octanol–water partition coefficient (Wildman–Crippen LogP) is 2.46. The molecule has 3 aromatic rings. The minimum atomic E-state index is 0.191. The molecule has 0 radical (unpaired) electrons. The number of H-pyrrole nitrogens is 1. The number of carbonyl (C=O) groups excluding carboxylic acids is 1. The Labute approximate surface area is 152 Å². The minimum Gasteiger partial charge on any atom is -0.379 e. The number of morpholine rings is 1. The molecule has 1 aliphatic rings. The first-order valence-corrected chi connectivity index (χ1v) is 8.90. The van der Waals surface area contributed by atoms with Gasteiger partial charge in [0.15, 0.2) is 5.78 Å². The standard InChI is InChI=1S/C20H22N4O2/c1-14-13-26-5-4-24(14)12-20(25)8-19-7-17-6-15(18-10-22-23-11-18)2-3-16(17)9-21-19/h2-3,6-7,9-11,14H,4-5,8,12-13H2,1H3,(H,22,23)/t14-/m1/s1. The summed E-state index contributed by atoms with van der Waals surface area (Å²) in [6.45, 7) is 4.75. The van der Waals surface area contributed by atoms with E-state index < -0.39 is 0 Å². The van der Waals surface area contributed by atoms with Gasteiger partial charge in [0, 0.05) is 41.6 Å². The van der Waals surface area contributed by atoms with Crippen LogP contribution in [0.4, 0.5) is 0 Å². The van der Waals surface area contributed by atoms with Gasteiger partial charge in [-0.25, -0.2) is 0 Å². The molecule has 1 N–H and O–H groups in total. The maximum Gasteiger partial charge on any atom is 0.152 e. The number of fused-ring (bicyclic) bond motifs is 1. The van der Waals surface area contributed by atoms with Crippen molar-refractivity contribution < 1.29 is 9.53 Å².